The third kappa shape index (κ3) is 2.92. The number of thiocarbonyl (C=S) groups is 1. The van der Waals surface area contributed by atoms with Crippen LogP contribution in [0.1, 0.15) is 0 Å². The molecule has 0 unspecified atom stereocenters. The van der Waals surface area contributed by atoms with E-state index >= 15 is 0 Å². The van der Waals surface area contributed by atoms with E-state index in [9.17, 15) is 4.79 Å². The van der Waals surface area contributed by atoms with Gasteiger partial charge in [-0.05, 0) is 12.1 Å². The molecule has 17 heavy (non-hydrogen) atoms. The number of benzene rings is 1. The number of hydrogen-bond donors (Lipinski definition) is 3. The summed E-state index contributed by atoms with van der Waals surface area (Å²) in [7, 11) is 0. The lowest BCUT2D eigenvalue weighted by Crippen LogP contribution is -2.40. The van der Waals surface area contributed by atoms with Crippen LogP contribution in [0.15, 0.2) is 24.3 Å². The number of carbonyl (C=O) groups excluding carboxylic acids is 1. The second kappa shape index (κ2) is 5.11. The van der Waals surface area contributed by atoms with E-state index in [1.165, 1.54) is 4.68 Å². The van der Waals surface area contributed by atoms with Crippen molar-refractivity contribution < 1.29 is 4.79 Å². The molecule has 2 rings (SSSR count). The first-order valence-electron chi connectivity index (χ1n) is 4.73. The lowest BCUT2D eigenvalue weighted by atomic mass is 10.3. The first-order chi connectivity index (χ1) is 8.16. The smallest absolute Gasteiger partial charge is 0.260 e. The van der Waals surface area contributed by atoms with E-state index < -0.39 is 0 Å². The minimum Gasteiger partial charge on any atom is -0.283 e. The summed E-state index contributed by atoms with van der Waals surface area (Å²) >= 11 is 8.46. The standard InChI is InChI=1S/C9H9N5OS2/c15-8(11-12-9(16)17)5-14-7-4-2-1-3-6(7)10-13-14/h1-4H,5H2,(H,11,15)(H2,12,16,17). The maximum atomic E-state index is 11.5. The summed E-state index contributed by atoms with van der Waals surface area (Å²) in [4.78, 5) is 11.5. The Morgan fingerprint density at radius 3 is 2.94 bits per heavy atom. The molecule has 0 fully saturated rings. The highest BCUT2D eigenvalue weighted by Gasteiger charge is 2.07. The molecule has 0 aliphatic heterocycles. The van der Waals surface area contributed by atoms with Crippen molar-refractivity contribution in [3.63, 3.8) is 0 Å². The highest BCUT2D eigenvalue weighted by molar-refractivity contribution is 8.11. The van der Waals surface area contributed by atoms with Crippen molar-refractivity contribution in [3.8, 4) is 0 Å². The molecule has 8 heteroatoms. The van der Waals surface area contributed by atoms with Crippen molar-refractivity contribution in [1.82, 2.24) is 25.8 Å². The Labute approximate surface area is 108 Å². The van der Waals surface area contributed by atoms with Gasteiger partial charge in [0, 0.05) is 0 Å². The Hall–Kier alpha value is -1.67. The molecule has 0 aliphatic rings. The Morgan fingerprint density at radius 1 is 1.41 bits per heavy atom. The van der Waals surface area contributed by atoms with Gasteiger partial charge in [0.1, 0.15) is 16.4 Å². The van der Waals surface area contributed by atoms with Gasteiger partial charge >= 0.3 is 0 Å². The molecule has 0 aliphatic carbocycles. The molecule has 88 valence electrons. The highest BCUT2D eigenvalue weighted by atomic mass is 32.1. The van der Waals surface area contributed by atoms with Crippen LogP contribution in [0.2, 0.25) is 0 Å². The second-order valence-corrected chi connectivity index (χ2v) is 4.37. The number of thiol groups is 1. The van der Waals surface area contributed by atoms with Gasteiger partial charge in [-0.3, -0.25) is 15.6 Å². The third-order valence-electron chi connectivity index (χ3n) is 2.02. The van der Waals surface area contributed by atoms with Crippen LogP contribution in [0.5, 0.6) is 0 Å². The number of rotatable bonds is 2. The lowest BCUT2D eigenvalue weighted by Gasteiger charge is -2.05. The zero-order valence-corrected chi connectivity index (χ0v) is 10.3. The molecule has 1 aromatic heterocycles. The number of aromatic nitrogens is 3. The van der Waals surface area contributed by atoms with E-state index in [-0.39, 0.29) is 16.8 Å². The van der Waals surface area contributed by atoms with Crippen molar-refractivity contribution in [1.29, 1.82) is 0 Å². The zero-order valence-electron chi connectivity index (χ0n) is 8.62. The van der Waals surface area contributed by atoms with Crippen LogP contribution in [0.25, 0.3) is 11.0 Å². The quantitative estimate of drug-likeness (QED) is 0.414. The Morgan fingerprint density at radius 2 is 2.18 bits per heavy atom. The number of fused-ring (bicyclic) bond motifs is 1. The van der Waals surface area contributed by atoms with Crippen LogP contribution in [0, 0.1) is 0 Å². The molecule has 0 atom stereocenters. The fraction of sp³-hybridized carbons (Fsp3) is 0.111. The summed E-state index contributed by atoms with van der Waals surface area (Å²) in [5.41, 5.74) is 6.38. The summed E-state index contributed by atoms with van der Waals surface area (Å²) < 4.78 is 1.70. The van der Waals surface area contributed by atoms with Gasteiger partial charge in [0.2, 0.25) is 0 Å². The number of nitrogens with one attached hydrogen (secondary N) is 2. The summed E-state index contributed by atoms with van der Waals surface area (Å²) in [6, 6.07) is 7.40. The summed E-state index contributed by atoms with van der Waals surface area (Å²) in [5.74, 6) is -0.281. The van der Waals surface area contributed by atoms with Gasteiger partial charge in [-0.25, -0.2) is 4.68 Å². The number of hydrogen-bond acceptors (Lipinski definition) is 4. The Bertz CT molecular complexity index is 567. The van der Waals surface area contributed by atoms with E-state index in [2.05, 4.69) is 46.0 Å². The highest BCUT2D eigenvalue weighted by Crippen LogP contribution is 2.08. The zero-order chi connectivity index (χ0) is 12.3. The van der Waals surface area contributed by atoms with Crippen LogP contribution >= 0.6 is 24.8 Å². The predicted molar refractivity (Wildman–Crippen MR) is 70.4 cm³/mol. The molecule has 6 nitrogen and oxygen atoms in total. The summed E-state index contributed by atoms with van der Waals surface area (Å²) in [6.45, 7) is 0.0594. The largest absolute Gasteiger partial charge is 0.283 e. The van der Waals surface area contributed by atoms with E-state index in [1.54, 1.807) is 0 Å². The molecule has 1 amide bonds. The third-order valence-corrected chi connectivity index (χ3v) is 2.24. The minimum absolute atomic E-state index is 0.0594. The van der Waals surface area contributed by atoms with Gasteiger partial charge in [0.15, 0.2) is 0 Å². The van der Waals surface area contributed by atoms with Crippen LogP contribution in [-0.2, 0) is 11.3 Å². The molecule has 0 radical (unpaired) electrons. The molecule has 2 aromatic rings. The molecule has 0 saturated carbocycles. The maximum Gasteiger partial charge on any atom is 0.260 e. The van der Waals surface area contributed by atoms with Crippen LogP contribution in [0.3, 0.4) is 0 Å². The minimum atomic E-state index is -0.281. The average Bonchev–Trinajstić information content (AvgIpc) is 2.70. The van der Waals surface area contributed by atoms with Crippen molar-refractivity contribution in [3.05, 3.63) is 24.3 Å². The predicted octanol–water partition coefficient (Wildman–Crippen LogP) is 0.267. The normalized spacial score (nSPS) is 10.2. The van der Waals surface area contributed by atoms with E-state index in [0.717, 1.165) is 11.0 Å². The first-order valence-corrected chi connectivity index (χ1v) is 5.58. The van der Waals surface area contributed by atoms with E-state index in [4.69, 9.17) is 0 Å². The molecule has 1 aromatic carbocycles. The van der Waals surface area contributed by atoms with Crippen molar-refractivity contribution in [2.75, 3.05) is 0 Å². The molecule has 0 saturated heterocycles. The van der Waals surface area contributed by atoms with Crippen molar-refractivity contribution >= 4 is 46.1 Å². The topological polar surface area (TPSA) is 71.8 Å². The summed E-state index contributed by atoms with van der Waals surface area (Å²) in [5, 5.41) is 7.83. The molecular weight excluding hydrogens is 258 g/mol. The second-order valence-electron chi connectivity index (χ2n) is 3.21. The van der Waals surface area contributed by atoms with Gasteiger partial charge in [-0.15, -0.1) is 17.7 Å². The Balaban J connectivity index is 2.08. The molecule has 1 heterocycles. The molecule has 0 spiro atoms. The summed E-state index contributed by atoms with van der Waals surface area (Å²) in [6.07, 6.45) is 0. The average molecular weight is 267 g/mol. The van der Waals surface area contributed by atoms with Crippen molar-refractivity contribution in [2.24, 2.45) is 0 Å². The molecule has 2 N–H and O–H groups in total. The first kappa shape index (κ1) is 11.8. The van der Waals surface area contributed by atoms with E-state index in [1.807, 2.05) is 24.3 Å². The SMILES string of the molecule is O=C(Cn1nnc2ccccc21)NNC(=S)S. The van der Waals surface area contributed by atoms with Gasteiger partial charge in [0.05, 0.1) is 5.52 Å². The van der Waals surface area contributed by atoms with E-state index in [0.29, 0.717) is 0 Å². The maximum absolute atomic E-state index is 11.5. The van der Waals surface area contributed by atoms with Crippen LogP contribution in [0.4, 0.5) is 0 Å². The molecular formula is C9H9N5OS2. The fourth-order valence-electron chi connectivity index (χ4n) is 1.33. The van der Waals surface area contributed by atoms with Gasteiger partial charge < -0.3 is 0 Å². The van der Waals surface area contributed by atoms with Crippen LogP contribution in [-0.4, -0.2) is 25.2 Å². The number of amides is 1. The van der Waals surface area contributed by atoms with Gasteiger partial charge in [-0.2, -0.15) is 0 Å². The Kier molecular flexibility index (Phi) is 3.55. The fourth-order valence-corrected chi connectivity index (χ4v) is 1.44. The molecule has 0 bridgehead atoms. The monoisotopic (exact) mass is 267 g/mol. The van der Waals surface area contributed by atoms with Crippen molar-refractivity contribution in [2.45, 2.75) is 6.54 Å². The number of nitrogens with zero attached hydrogens (tertiary/aromatic N) is 3. The number of carbonyl (C=O) groups is 1. The van der Waals surface area contributed by atoms with Crippen LogP contribution < -0.4 is 10.9 Å². The van der Waals surface area contributed by atoms with Gasteiger partial charge in [0.25, 0.3) is 5.91 Å². The van der Waals surface area contributed by atoms with Gasteiger partial charge in [-0.1, -0.05) is 29.6 Å². The number of para-hydroxylation sites is 1. The lowest BCUT2D eigenvalue weighted by molar-refractivity contribution is -0.122. The number of hydrazine groups is 1.